The Balaban J connectivity index is 2.27. The van der Waals surface area contributed by atoms with Gasteiger partial charge in [-0.2, -0.15) is 0 Å². The third kappa shape index (κ3) is 2.75. The summed E-state index contributed by atoms with van der Waals surface area (Å²) in [6, 6.07) is 4.64. The van der Waals surface area contributed by atoms with Crippen LogP contribution in [-0.4, -0.2) is 37.0 Å². The quantitative estimate of drug-likeness (QED) is 0.819. The highest BCUT2D eigenvalue weighted by Crippen LogP contribution is 2.26. The smallest absolute Gasteiger partial charge is 0.246 e. The van der Waals surface area contributed by atoms with E-state index in [0.717, 1.165) is 0 Å². The Bertz CT molecular complexity index is 530. The first kappa shape index (κ1) is 14.3. The summed E-state index contributed by atoms with van der Waals surface area (Å²) in [4.78, 5) is 25.1. The first-order valence-corrected chi connectivity index (χ1v) is 6.37. The molecule has 1 unspecified atom stereocenters. The molecule has 0 spiro atoms. The Morgan fingerprint density at radius 3 is 2.70 bits per heavy atom. The lowest BCUT2D eigenvalue weighted by molar-refractivity contribution is -0.149. The molecule has 1 atom stereocenters. The van der Waals surface area contributed by atoms with E-state index in [1.807, 2.05) is 0 Å². The molecule has 1 aliphatic rings. The van der Waals surface area contributed by atoms with Crippen LogP contribution >= 0.6 is 0 Å². The zero-order chi connectivity index (χ0) is 14.7. The molecule has 6 nitrogen and oxygen atoms in total. The number of carbonyl (C=O) groups excluding carboxylic acids is 2. The number of piperidine rings is 1. The number of hydrogen-bond donors (Lipinski definition) is 1. The second-order valence-electron chi connectivity index (χ2n) is 4.64. The van der Waals surface area contributed by atoms with Crippen molar-refractivity contribution in [2.45, 2.75) is 25.4 Å². The Labute approximate surface area is 117 Å². The number of nitrogens with zero attached hydrogens (tertiary/aromatic N) is 1. The summed E-state index contributed by atoms with van der Waals surface area (Å²) in [5, 5.41) is 0. The summed E-state index contributed by atoms with van der Waals surface area (Å²) in [5.74, 6) is 0.695. The number of imide groups is 1. The van der Waals surface area contributed by atoms with Gasteiger partial charge in [-0.3, -0.25) is 14.5 Å². The van der Waals surface area contributed by atoms with E-state index in [0.29, 0.717) is 29.9 Å². The molecule has 6 heteroatoms. The van der Waals surface area contributed by atoms with E-state index < -0.39 is 6.04 Å². The molecule has 0 saturated carbocycles. The fourth-order valence-corrected chi connectivity index (χ4v) is 2.20. The molecule has 2 rings (SSSR count). The van der Waals surface area contributed by atoms with Crippen LogP contribution in [0.2, 0.25) is 0 Å². The van der Waals surface area contributed by atoms with Crippen molar-refractivity contribution in [2.75, 3.05) is 14.2 Å². The molecule has 1 aromatic carbocycles. The van der Waals surface area contributed by atoms with E-state index in [2.05, 4.69) is 0 Å². The number of rotatable bonds is 4. The zero-order valence-electron chi connectivity index (χ0n) is 11.6. The summed E-state index contributed by atoms with van der Waals surface area (Å²) in [5.41, 5.74) is 6.42. The van der Waals surface area contributed by atoms with E-state index in [-0.39, 0.29) is 18.4 Å². The predicted octanol–water partition coefficient (Wildman–Crippen LogP) is 0.680. The van der Waals surface area contributed by atoms with Crippen LogP contribution in [0.3, 0.4) is 0 Å². The van der Waals surface area contributed by atoms with Crippen LogP contribution in [0.1, 0.15) is 18.4 Å². The highest BCUT2D eigenvalue weighted by molar-refractivity contribution is 6.00. The van der Waals surface area contributed by atoms with Gasteiger partial charge in [0.25, 0.3) is 0 Å². The number of ether oxygens (including phenoxy) is 2. The van der Waals surface area contributed by atoms with Crippen LogP contribution in [-0.2, 0) is 16.1 Å². The monoisotopic (exact) mass is 278 g/mol. The molecule has 0 aromatic heterocycles. The summed E-state index contributed by atoms with van der Waals surface area (Å²) in [7, 11) is 3.09. The van der Waals surface area contributed by atoms with Crippen molar-refractivity contribution in [1.82, 2.24) is 4.90 Å². The molecule has 1 heterocycles. The van der Waals surface area contributed by atoms with Crippen molar-refractivity contribution < 1.29 is 19.1 Å². The second-order valence-corrected chi connectivity index (χ2v) is 4.64. The minimum absolute atomic E-state index is 0.145. The molecule has 1 fully saturated rings. The lowest BCUT2D eigenvalue weighted by Crippen LogP contribution is -2.50. The van der Waals surface area contributed by atoms with Gasteiger partial charge in [0.1, 0.15) is 11.5 Å². The van der Waals surface area contributed by atoms with Crippen molar-refractivity contribution >= 4 is 11.8 Å². The van der Waals surface area contributed by atoms with E-state index in [1.54, 1.807) is 25.3 Å². The second kappa shape index (κ2) is 5.92. The maximum atomic E-state index is 12.0. The van der Waals surface area contributed by atoms with E-state index >= 15 is 0 Å². The SMILES string of the molecule is COc1ccc(OC)c(CN2C(=O)CCC(N)C2=O)c1. The van der Waals surface area contributed by atoms with Crippen LogP contribution in [0.5, 0.6) is 11.5 Å². The van der Waals surface area contributed by atoms with Gasteiger partial charge in [0.05, 0.1) is 26.8 Å². The van der Waals surface area contributed by atoms with Gasteiger partial charge in [-0.25, -0.2) is 0 Å². The Kier molecular flexibility index (Phi) is 4.24. The molecule has 1 aromatic rings. The van der Waals surface area contributed by atoms with Crippen LogP contribution in [0, 0.1) is 0 Å². The van der Waals surface area contributed by atoms with Gasteiger partial charge in [0.2, 0.25) is 11.8 Å². The highest BCUT2D eigenvalue weighted by Gasteiger charge is 2.32. The van der Waals surface area contributed by atoms with Crippen molar-refractivity contribution in [2.24, 2.45) is 5.73 Å². The lowest BCUT2D eigenvalue weighted by Gasteiger charge is -2.29. The van der Waals surface area contributed by atoms with Crippen LogP contribution < -0.4 is 15.2 Å². The lowest BCUT2D eigenvalue weighted by atomic mass is 10.0. The van der Waals surface area contributed by atoms with Crippen LogP contribution in [0.15, 0.2) is 18.2 Å². The highest BCUT2D eigenvalue weighted by atomic mass is 16.5. The first-order chi connectivity index (χ1) is 9.56. The minimum atomic E-state index is -0.607. The van der Waals surface area contributed by atoms with Gasteiger partial charge in [0, 0.05) is 12.0 Å². The largest absolute Gasteiger partial charge is 0.497 e. The first-order valence-electron chi connectivity index (χ1n) is 6.37. The molecule has 108 valence electrons. The molecule has 2 amide bonds. The molecule has 20 heavy (non-hydrogen) atoms. The summed E-state index contributed by atoms with van der Waals surface area (Å²) in [6.07, 6.45) is 0.697. The number of methoxy groups -OCH3 is 2. The molecule has 2 N–H and O–H groups in total. The fraction of sp³-hybridized carbons (Fsp3) is 0.429. The van der Waals surface area contributed by atoms with Gasteiger partial charge in [-0.05, 0) is 24.6 Å². The summed E-state index contributed by atoms with van der Waals surface area (Å²) in [6.45, 7) is 0.145. The molecule has 1 aliphatic heterocycles. The molecule has 0 bridgehead atoms. The third-order valence-corrected chi connectivity index (χ3v) is 3.37. The maximum absolute atomic E-state index is 12.0. The topological polar surface area (TPSA) is 81.9 Å². The number of carbonyl (C=O) groups is 2. The number of nitrogens with two attached hydrogens (primary N) is 1. The normalized spacial score (nSPS) is 19.1. The minimum Gasteiger partial charge on any atom is -0.497 e. The molecular weight excluding hydrogens is 260 g/mol. The van der Waals surface area contributed by atoms with E-state index in [4.69, 9.17) is 15.2 Å². The average Bonchev–Trinajstić information content (AvgIpc) is 2.47. The van der Waals surface area contributed by atoms with Crippen molar-refractivity contribution in [3.8, 4) is 11.5 Å². The van der Waals surface area contributed by atoms with Crippen molar-refractivity contribution in [1.29, 1.82) is 0 Å². The zero-order valence-corrected chi connectivity index (χ0v) is 11.6. The fourth-order valence-electron chi connectivity index (χ4n) is 2.20. The average molecular weight is 278 g/mol. The van der Waals surface area contributed by atoms with Gasteiger partial charge in [-0.1, -0.05) is 0 Å². The molecular formula is C14H18N2O4. The van der Waals surface area contributed by atoms with Gasteiger partial charge >= 0.3 is 0 Å². The Hall–Kier alpha value is -2.08. The molecule has 0 radical (unpaired) electrons. The standard InChI is InChI=1S/C14H18N2O4/c1-19-10-3-5-12(20-2)9(7-10)8-16-13(17)6-4-11(15)14(16)18/h3,5,7,11H,4,6,8,15H2,1-2H3. The Morgan fingerprint density at radius 2 is 2.05 bits per heavy atom. The van der Waals surface area contributed by atoms with E-state index in [9.17, 15) is 9.59 Å². The van der Waals surface area contributed by atoms with Gasteiger partial charge in [-0.15, -0.1) is 0 Å². The van der Waals surface area contributed by atoms with Crippen molar-refractivity contribution in [3.05, 3.63) is 23.8 Å². The number of benzene rings is 1. The van der Waals surface area contributed by atoms with E-state index in [1.165, 1.54) is 12.0 Å². The van der Waals surface area contributed by atoms with Crippen LogP contribution in [0.4, 0.5) is 0 Å². The Morgan fingerprint density at radius 1 is 1.30 bits per heavy atom. The van der Waals surface area contributed by atoms with Gasteiger partial charge in [0.15, 0.2) is 0 Å². The summed E-state index contributed by atoms with van der Waals surface area (Å²) >= 11 is 0. The number of likely N-dealkylation sites (tertiary alicyclic amines) is 1. The number of amides is 2. The van der Waals surface area contributed by atoms with Crippen LogP contribution in [0.25, 0.3) is 0 Å². The van der Waals surface area contributed by atoms with Crippen molar-refractivity contribution in [3.63, 3.8) is 0 Å². The number of hydrogen-bond acceptors (Lipinski definition) is 5. The maximum Gasteiger partial charge on any atom is 0.246 e. The predicted molar refractivity (Wildman–Crippen MR) is 72.3 cm³/mol. The summed E-state index contributed by atoms with van der Waals surface area (Å²) < 4.78 is 10.4. The molecule has 0 aliphatic carbocycles. The third-order valence-electron chi connectivity index (χ3n) is 3.37. The van der Waals surface area contributed by atoms with Gasteiger partial charge < -0.3 is 15.2 Å². The molecule has 1 saturated heterocycles.